The van der Waals surface area contributed by atoms with Crippen LogP contribution in [-0.2, 0) is 10.0 Å². The molecule has 1 aliphatic heterocycles. The third-order valence-electron chi connectivity index (χ3n) is 5.88. The van der Waals surface area contributed by atoms with Gasteiger partial charge in [0.25, 0.3) is 5.69 Å². The van der Waals surface area contributed by atoms with Crippen LogP contribution in [0.1, 0.15) is 32.6 Å². The number of piperazine rings is 1. The molecule has 1 N–H and O–H groups in total. The number of nitro benzene ring substituents is 1. The lowest BCUT2D eigenvalue weighted by atomic mass is 9.86. The van der Waals surface area contributed by atoms with E-state index in [9.17, 15) is 18.5 Å². The third-order valence-corrected chi connectivity index (χ3v) is 7.29. The lowest BCUT2D eigenvalue weighted by Crippen LogP contribution is -2.51. The molecule has 0 radical (unpaired) electrons. The van der Waals surface area contributed by atoms with Crippen molar-refractivity contribution in [1.82, 2.24) is 9.62 Å². The number of nitro groups is 1. The molecule has 8 nitrogen and oxygen atoms in total. The Morgan fingerprint density at radius 2 is 1.74 bits per heavy atom. The Balaban J connectivity index is 1.73. The fraction of sp³-hybridized carbons (Fsp3) is 0.667. The van der Waals surface area contributed by atoms with E-state index < -0.39 is 14.9 Å². The van der Waals surface area contributed by atoms with Crippen LogP contribution < -0.4 is 9.62 Å². The molecule has 0 atom stereocenters. The van der Waals surface area contributed by atoms with Crippen molar-refractivity contribution in [1.29, 1.82) is 0 Å². The van der Waals surface area contributed by atoms with Gasteiger partial charge in [-0.1, -0.05) is 6.92 Å². The van der Waals surface area contributed by atoms with Gasteiger partial charge in [0.1, 0.15) is 5.69 Å². The SMILES string of the molecule is CNS(=O)(=O)c1ccc(N2CCN(C3CCC(C)CC3)CC2)c([N+](=O)[O-])c1. The van der Waals surface area contributed by atoms with Crippen LogP contribution in [0.5, 0.6) is 0 Å². The topological polar surface area (TPSA) is 95.8 Å². The minimum atomic E-state index is -3.71. The van der Waals surface area contributed by atoms with Crippen LogP contribution in [0.15, 0.2) is 23.1 Å². The van der Waals surface area contributed by atoms with E-state index in [1.165, 1.54) is 38.8 Å². The molecular weight excluding hydrogens is 368 g/mol. The van der Waals surface area contributed by atoms with Crippen molar-refractivity contribution in [2.24, 2.45) is 5.92 Å². The molecule has 0 spiro atoms. The first-order chi connectivity index (χ1) is 12.8. The zero-order valence-electron chi connectivity index (χ0n) is 15.9. The quantitative estimate of drug-likeness (QED) is 0.605. The first kappa shape index (κ1) is 20.0. The second-order valence-electron chi connectivity index (χ2n) is 7.55. The lowest BCUT2D eigenvalue weighted by molar-refractivity contribution is -0.384. The number of benzene rings is 1. The average Bonchev–Trinajstić information content (AvgIpc) is 2.68. The summed E-state index contributed by atoms with van der Waals surface area (Å²) in [5.74, 6) is 0.817. The molecule has 0 amide bonds. The van der Waals surface area contributed by atoms with Gasteiger partial charge in [-0.3, -0.25) is 15.0 Å². The minimum absolute atomic E-state index is 0.0876. The Hall–Kier alpha value is -1.71. The number of rotatable bonds is 5. The van der Waals surface area contributed by atoms with E-state index in [-0.39, 0.29) is 10.6 Å². The fourth-order valence-electron chi connectivity index (χ4n) is 4.14. The van der Waals surface area contributed by atoms with Gasteiger partial charge in [0.05, 0.1) is 9.82 Å². The second-order valence-corrected chi connectivity index (χ2v) is 9.44. The van der Waals surface area contributed by atoms with Crippen LogP contribution in [0.4, 0.5) is 11.4 Å². The number of nitrogens with one attached hydrogen (secondary N) is 1. The Morgan fingerprint density at radius 1 is 1.11 bits per heavy atom. The first-order valence-electron chi connectivity index (χ1n) is 9.53. The average molecular weight is 397 g/mol. The zero-order chi connectivity index (χ0) is 19.6. The molecule has 27 heavy (non-hydrogen) atoms. The summed E-state index contributed by atoms with van der Waals surface area (Å²) in [7, 11) is -2.42. The largest absolute Gasteiger partial charge is 0.363 e. The number of nitrogens with zero attached hydrogens (tertiary/aromatic N) is 3. The Morgan fingerprint density at radius 3 is 2.30 bits per heavy atom. The molecule has 150 valence electrons. The van der Waals surface area contributed by atoms with Crippen LogP contribution in [0.2, 0.25) is 0 Å². The summed E-state index contributed by atoms with van der Waals surface area (Å²) in [6, 6.07) is 4.76. The molecule has 0 aromatic heterocycles. The van der Waals surface area contributed by atoms with Gasteiger partial charge in [-0.05, 0) is 50.8 Å². The first-order valence-corrected chi connectivity index (χ1v) is 11.0. The summed E-state index contributed by atoms with van der Waals surface area (Å²) in [6.45, 7) is 5.50. The van der Waals surface area contributed by atoms with Gasteiger partial charge >= 0.3 is 0 Å². The summed E-state index contributed by atoms with van der Waals surface area (Å²) in [4.78, 5) is 15.4. The molecular formula is C18H28N4O4S. The summed E-state index contributed by atoms with van der Waals surface area (Å²) in [6.07, 6.45) is 5.02. The maximum atomic E-state index is 12.0. The molecule has 1 heterocycles. The standard InChI is InChI=1S/C18H28N4O4S/c1-14-3-5-15(6-4-14)20-9-11-21(12-10-20)17-8-7-16(27(25,26)19-2)13-18(17)22(23)24/h7-8,13-15,19H,3-6,9-12H2,1-2H3. The van der Waals surface area contributed by atoms with Gasteiger partial charge in [-0.25, -0.2) is 13.1 Å². The van der Waals surface area contributed by atoms with Crippen LogP contribution >= 0.6 is 0 Å². The second kappa shape index (κ2) is 8.12. The highest BCUT2D eigenvalue weighted by molar-refractivity contribution is 7.89. The van der Waals surface area contributed by atoms with E-state index in [0.29, 0.717) is 24.8 Å². The molecule has 0 bridgehead atoms. The van der Waals surface area contributed by atoms with E-state index in [4.69, 9.17) is 0 Å². The summed E-state index contributed by atoms with van der Waals surface area (Å²) >= 11 is 0. The Bertz CT molecular complexity index is 783. The monoisotopic (exact) mass is 396 g/mol. The van der Waals surface area contributed by atoms with Crippen LogP contribution in [0.3, 0.4) is 0 Å². The van der Waals surface area contributed by atoms with Gasteiger partial charge in [0.15, 0.2) is 0 Å². The molecule has 1 aromatic rings. The highest BCUT2D eigenvalue weighted by Crippen LogP contribution is 2.33. The predicted octanol–water partition coefficient (Wildman–Crippen LogP) is 2.20. The van der Waals surface area contributed by atoms with Crippen LogP contribution in [0.25, 0.3) is 0 Å². The molecule has 1 aliphatic carbocycles. The lowest BCUT2D eigenvalue weighted by Gasteiger charge is -2.42. The fourth-order valence-corrected chi connectivity index (χ4v) is 4.89. The van der Waals surface area contributed by atoms with Gasteiger partial charge in [-0.15, -0.1) is 0 Å². The van der Waals surface area contributed by atoms with Crippen molar-refractivity contribution >= 4 is 21.4 Å². The van der Waals surface area contributed by atoms with E-state index >= 15 is 0 Å². The molecule has 1 saturated heterocycles. The Kier molecular flexibility index (Phi) is 6.02. The molecule has 2 fully saturated rings. The summed E-state index contributed by atoms with van der Waals surface area (Å²) in [5.41, 5.74) is 0.332. The minimum Gasteiger partial charge on any atom is -0.363 e. The van der Waals surface area contributed by atoms with Crippen molar-refractivity contribution < 1.29 is 13.3 Å². The van der Waals surface area contributed by atoms with E-state index in [2.05, 4.69) is 16.5 Å². The number of anilines is 1. The number of hydrogen-bond acceptors (Lipinski definition) is 6. The maximum Gasteiger partial charge on any atom is 0.293 e. The highest BCUT2D eigenvalue weighted by Gasteiger charge is 2.30. The molecule has 0 unspecified atom stereocenters. The molecule has 1 aromatic carbocycles. The smallest absolute Gasteiger partial charge is 0.293 e. The third kappa shape index (κ3) is 4.41. The van der Waals surface area contributed by atoms with Gasteiger partial charge in [0, 0.05) is 38.3 Å². The van der Waals surface area contributed by atoms with Gasteiger partial charge in [-0.2, -0.15) is 0 Å². The van der Waals surface area contributed by atoms with Crippen molar-refractivity contribution in [3.63, 3.8) is 0 Å². The van der Waals surface area contributed by atoms with Crippen molar-refractivity contribution in [3.8, 4) is 0 Å². The van der Waals surface area contributed by atoms with Gasteiger partial charge < -0.3 is 4.90 Å². The molecule has 2 aliphatic rings. The number of sulfonamides is 1. The number of hydrogen-bond donors (Lipinski definition) is 1. The summed E-state index contributed by atoms with van der Waals surface area (Å²) in [5, 5.41) is 11.5. The molecule has 1 saturated carbocycles. The molecule has 3 rings (SSSR count). The predicted molar refractivity (Wildman–Crippen MR) is 105 cm³/mol. The van der Waals surface area contributed by atoms with E-state index in [1.54, 1.807) is 6.07 Å². The Labute approximate surface area is 160 Å². The van der Waals surface area contributed by atoms with Crippen molar-refractivity contribution in [3.05, 3.63) is 28.3 Å². The van der Waals surface area contributed by atoms with E-state index in [1.807, 2.05) is 4.90 Å². The van der Waals surface area contributed by atoms with Crippen LogP contribution in [-0.4, -0.2) is 57.5 Å². The normalized spacial score (nSPS) is 24.7. The van der Waals surface area contributed by atoms with Crippen molar-refractivity contribution in [2.45, 2.75) is 43.5 Å². The molecule has 9 heteroatoms. The van der Waals surface area contributed by atoms with E-state index in [0.717, 1.165) is 25.1 Å². The van der Waals surface area contributed by atoms with Crippen LogP contribution in [0, 0.1) is 16.0 Å². The maximum absolute atomic E-state index is 12.0. The van der Waals surface area contributed by atoms with Gasteiger partial charge in [0.2, 0.25) is 10.0 Å². The highest BCUT2D eigenvalue weighted by atomic mass is 32.2. The summed E-state index contributed by atoms with van der Waals surface area (Å²) < 4.78 is 26.1. The van der Waals surface area contributed by atoms with Crippen molar-refractivity contribution in [2.75, 3.05) is 38.1 Å². The zero-order valence-corrected chi connectivity index (χ0v) is 16.7.